The second-order valence-corrected chi connectivity index (χ2v) is 1.84. The van der Waals surface area contributed by atoms with E-state index in [1.165, 1.54) is 11.8 Å². The summed E-state index contributed by atoms with van der Waals surface area (Å²) in [6.45, 7) is 3.53. The number of ether oxygens (including phenoxy) is 1. The highest BCUT2D eigenvalue weighted by Gasteiger charge is 1.93. The van der Waals surface area contributed by atoms with Crippen molar-refractivity contribution < 1.29 is 4.74 Å². The lowest BCUT2D eigenvalue weighted by atomic mass is 11.1. The summed E-state index contributed by atoms with van der Waals surface area (Å²) in [7, 11) is 0. The molecule has 0 aliphatic carbocycles. The summed E-state index contributed by atoms with van der Waals surface area (Å²) in [4.78, 5) is 0. The summed E-state index contributed by atoms with van der Waals surface area (Å²) >= 11 is 1.50. The molecule has 1 aliphatic heterocycles. The molecule has 32 valence electrons. The van der Waals surface area contributed by atoms with Crippen molar-refractivity contribution in [2.75, 3.05) is 0 Å². The van der Waals surface area contributed by atoms with Crippen molar-refractivity contribution in [1.29, 1.82) is 0 Å². The maximum Gasteiger partial charge on any atom is 0.157 e. The van der Waals surface area contributed by atoms with Gasteiger partial charge in [-0.25, -0.2) is 0 Å². The minimum absolute atomic E-state index is 0.759. The van der Waals surface area contributed by atoms with Crippen molar-refractivity contribution in [3.05, 3.63) is 23.3 Å². The summed E-state index contributed by atoms with van der Waals surface area (Å²) in [6.07, 6.45) is 1.62. The summed E-state index contributed by atoms with van der Waals surface area (Å²) in [6, 6.07) is 0. The molecule has 2 heteroatoms. The van der Waals surface area contributed by atoms with Crippen LogP contribution >= 0.6 is 11.8 Å². The quantitative estimate of drug-likeness (QED) is 0.458. The minimum Gasteiger partial charge on any atom is -0.458 e. The molecule has 1 aliphatic rings. The molecule has 0 atom stereocenters. The molecule has 0 aromatic heterocycles. The molecule has 1 heterocycles. The Kier molecular flexibility index (Phi) is 0.881. The Labute approximate surface area is 40.7 Å². The molecule has 0 bridgehead atoms. The molecule has 0 radical (unpaired) electrons. The predicted molar refractivity (Wildman–Crippen MR) is 27.0 cm³/mol. The van der Waals surface area contributed by atoms with E-state index >= 15 is 0 Å². The van der Waals surface area contributed by atoms with Crippen LogP contribution in [-0.4, -0.2) is 0 Å². The van der Waals surface area contributed by atoms with Gasteiger partial charge in [0.25, 0.3) is 0 Å². The Balaban J connectivity index is 2.52. The zero-order valence-corrected chi connectivity index (χ0v) is 3.99. The largest absolute Gasteiger partial charge is 0.458 e. The van der Waals surface area contributed by atoms with Gasteiger partial charge in [-0.3, -0.25) is 0 Å². The molecule has 0 aromatic rings. The fourth-order valence-corrected chi connectivity index (χ4v) is 0.609. The maximum atomic E-state index is 4.74. The normalized spacial score (nSPS) is 18.3. The van der Waals surface area contributed by atoms with E-state index in [0.717, 1.165) is 5.09 Å². The Hall–Kier alpha value is -0.370. The van der Waals surface area contributed by atoms with Crippen LogP contribution in [0.5, 0.6) is 0 Å². The lowest BCUT2D eigenvalue weighted by molar-refractivity contribution is 0.398. The van der Waals surface area contributed by atoms with Crippen molar-refractivity contribution in [2.45, 2.75) is 0 Å². The SMILES string of the molecule is C=C1OC=CS1. The zero-order chi connectivity index (χ0) is 4.41. The number of rotatable bonds is 0. The van der Waals surface area contributed by atoms with Crippen LogP contribution in [-0.2, 0) is 4.74 Å². The van der Waals surface area contributed by atoms with Crippen molar-refractivity contribution in [1.82, 2.24) is 0 Å². The van der Waals surface area contributed by atoms with E-state index in [0.29, 0.717) is 0 Å². The van der Waals surface area contributed by atoms with Gasteiger partial charge in [-0.1, -0.05) is 11.8 Å². The third-order valence-corrected chi connectivity index (χ3v) is 1.06. The predicted octanol–water partition coefficient (Wildman–Crippen LogP) is 1.69. The van der Waals surface area contributed by atoms with Crippen LogP contribution in [0.2, 0.25) is 0 Å². The van der Waals surface area contributed by atoms with E-state index < -0.39 is 0 Å². The smallest absolute Gasteiger partial charge is 0.157 e. The van der Waals surface area contributed by atoms with Crippen LogP contribution in [0.3, 0.4) is 0 Å². The van der Waals surface area contributed by atoms with Gasteiger partial charge < -0.3 is 4.74 Å². The fraction of sp³-hybridized carbons (Fsp3) is 0. The van der Waals surface area contributed by atoms with Gasteiger partial charge in [0, 0.05) is 5.41 Å². The Morgan fingerprint density at radius 3 is 2.83 bits per heavy atom. The molecule has 0 N–H and O–H groups in total. The van der Waals surface area contributed by atoms with Crippen molar-refractivity contribution in [2.24, 2.45) is 0 Å². The first-order valence-corrected chi connectivity index (χ1v) is 2.45. The minimum atomic E-state index is 0.759. The Morgan fingerprint density at radius 1 is 1.83 bits per heavy atom. The summed E-state index contributed by atoms with van der Waals surface area (Å²) < 4.78 is 4.74. The van der Waals surface area contributed by atoms with Crippen LogP contribution in [0.4, 0.5) is 0 Å². The van der Waals surface area contributed by atoms with E-state index in [9.17, 15) is 0 Å². The number of hydrogen-bond acceptors (Lipinski definition) is 2. The van der Waals surface area contributed by atoms with Crippen LogP contribution < -0.4 is 0 Å². The van der Waals surface area contributed by atoms with Gasteiger partial charge in [0.15, 0.2) is 5.09 Å². The average Bonchev–Trinajstić information content (AvgIpc) is 1.86. The van der Waals surface area contributed by atoms with Gasteiger partial charge in [0.2, 0.25) is 0 Å². The molecule has 0 fully saturated rings. The first-order chi connectivity index (χ1) is 2.89. The van der Waals surface area contributed by atoms with Gasteiger partial charge in [-0.2, -0.15) is 0 Å². The van der Waals surface area contributed by atoms with E-state index in [4.69, 9.17) is 4.74 Å². The summed E-state index contributed by atoms with van der Waals surface area (Å²) in [5.41, 5.74) is 0. The third kappa shape index (κ3) is 0.571. The molecule has 0 aromatic carbocycles. The molecule has 0 saturated heterocycles. The van der Waals surface area contributed by atoms with Crippen LogP contribution in [0, 0.1) is 0 Å². The highest BCUT2D eigenvalue weighted by atomic mass is 32.2. The zero-order valence-electron chi connectivity index (χ0n) is 3.18. The maximum absolute atomic E-state index is 4.74. The first-order valence-electron chi connectivity index (χ1n) is 1.57. The van der Waals surface area contributed by atoms with Crippen molar-refractivity contribution >= 4 is 11.8 Å². The monoisotopic (exact) mass is 100.0 g/mol. The van der Waals surface area contributed by atoms with E-state index in [1.54, 1.807) is 6.26 Å². The first kappa shape index (κ1) is 3.81. The standard InChI is InChI=1S/C4H4OS/c1-4-5-2-3-6-4/h2-3H,1H2. The number of hydrogen-bond donors (Lipinski definition) is 0. The molecule has 0 unspecified atom stereocenters. The van der Waals surface area contributed by atoms with Gasteiger partial charge >= 0.3 is 0 Å². The lowest BCUT2D eigenvalue weighted by Crippen LogP contribution is -1.60. The molecule has 0 spiro atoms. The second kappa shape index (κ2) is 1.39. The lowest BCUT2D eigenvalue weighted by Gasteiger charge is -1.85. The van der Waals surface area contributed by atoms with Crippen LogP contribution in [0.1, 0.15) is 0 Å². The molecular formula is C4H4OS. The van der Waals surface area contributed by atoms with E-state index in [2.05, 4.69) is 6.58 Å². The Morgan fingerprint density at radius 2 is 2.67 bits per heavy atom. The highest BCUT2D eigenvalue weighted by Crippen LogP contribution is 2.22. The van der Waals surface area contributed by atoms with E-state index in [-0.39, 0.29) is 0 Å². The average molecular weight is 100 g/mol. The highest BCUT2D eigenvalue weighted by molar-refractivity contribution is 8.05. The van der Waals surface area contributed by atoms with E-state index in [1.807, 2.05) is 5.41 Å². The molecule has 1 rings (SSSR count). The van der Waals surface area contributed by atoms with Crippen LogP contribution in [0.25, 0.3) is 0 Å². The molecule has 6 heavy (non-hydrogen) atoms. The molecule has 0 amide bonds. The summed E-state index contributed by atoms with van der Waals surface area (Å²) in [5, 5.41) is 2.61. The number of thioether (sulfide) groups is 1. The van der Waals surface area contributed by atoms with Gasteiger partial charge in [-0.05, 0) is 6.58 Å². The molecule has 1 nitrogen and oxygen atoms in total. The second-order valence-electron chi connectivity index (χ2n) is 0.880. The van der Waals surface area contributed by atoms with Gasteiger partial charge in [-0.15, -0.1) is 0 Å². The van der Waals surface area contributed by atoms with Gasteiger partial charge in [0.05, 0.1) is 6.26 Å². The molecular weight excluding hydrogens is 96.1 g/mol. The third-order valence-electron chi connectivity index (χ3n) is 0.455. The van der Waals surface area contributed by atoms with Crippen molar-refractivity contribution in [3.63, 3.8) is 0 Å². The fourth-order valence-electron chi connectivity index (χ4n) is 0.235. The Bertz CT molecular complexity index is 85.7. The van der Waals surface area contributed by atoms with Gasteiger partial charge in [0.1, 0.15) is 0 Å². The summed E-state index contributed by atoms with van der Waals surface area (Å²) in [5.74, 6) is 0. The van der Waals surface area contributed by atoms with Crippen molar-refractivity contribution in [3.8, 4) is 0 Å². The molecule has 0 saturated carbocycles. The topological polar surface area (TPSA) is 9.23 Å². The van der Waals surface area contributed by atoms with Crippen LogP contribution in [0.15, 0.2) is 23.3 Å².